The van der Waals surface area contributed by atoms with Gasteiger partial charge in [-0.15, -0.1) is 0 Å². The molecule has 102 valence electrons. The van der Waals surface area contributed by atoms with Gasteiger partial charge in [-0.2, -0.15) is 13.2 Å². The van der Waals surface area contributed by atoms with Crippen LogP contribution in [0.4, 0.5) is 13.2 Å². The van der Waals surface area contributed by atoms with E-state index in [0.29, 0.717) is 13.1 Å². The van der Waals surface area contributed by atoms with Crippen LogP contribution >= 0.6 is 0 Å². The summed E-state index contributed by atoms with van der Waals surface area (Å²) < 4.78 is 43.2. The van der Waals surface area contributed by atoms with Crippen LogP contribution in [0, 0.1) is 5.92 Å². The maximum absolute atomic E-state index is 12.6. The Kier molecular flexibility index (Phi) is 4.80. The highest BCUT2D eigenvalue weighted by Crippen LogP contribution is 2.29. The average molecular weight is 254 g/mol. The molecule has 0 aromatic rings. The lowest BCUT2D eigenvalue weighted by Gasteiger charge is -2.40. The van der Waals surface area contributed by atoms with Crippen molar-refractivity contribution in [2.45, 2.75) is 31.5 Å². The van der Waals surface area contributed by atoms with Crippen LogP contribution in [-0.2, 0) is 4.74 Å². The van der Waals surface area contributed by atoms with E-state index in [0.717, 1.165) is 12.8 Å². The van der Waals surface area contributed by atoms with Gasteiger partial charge in [0, 0.05) is 26.7 Å². The fourth-order valence-corrected chi connectivity index (χ4v) is 2.25. The first-order chi connectivity index (χ1) is 7.80. The van der Waals surface area contributed by atoms with Crippen molar-refractivity contribution in [3.8, 4) is 0 Å². The quantitative estimate of drug-likeness (QED) is 0.828. The third kappa shape index (κ3) is 4.12. The Morgan fingerprint density at radius 2 is 2.12 bits per heavy atom. The molecule has 0 aromatic carbocycles. The Morgan fingerprint density at radius 3 is 2.59 bits per heavy atom. The molecule has 3 nitrogen and oxygen atoms in total. The number of halogens is 3. The first-order valence-electron chi connectivity index (χ1n) is 5.85. The summed E-state index contributed by atoms with van der Waals surface area (Å²) in [5, 5.41) is 0. The normalized spacial score (nSPS) is 29.3. The Balaban J connectivity index is 2.56. The van der Waals surface area contributed by atoms with Crippen molar-refractivity contribution in [2.24, 2.45) is 11.7 Å². The van der Waals surface area contributed by atoms with Crippen LogP contribution in [0.15, 0.2) is 0 Å². The van der Waals surface area contributed by atoms with Gasteiger partial charge in [-0.25, -0.2) is 0 Å². The maximum atomic E-state index is 12.6. The molecule has 0 radical (unpaired) electrons. The molecule has 0 aromatic heterocycles. The fourth-order valence-electron chi connectivity index (χ4n) is 2.25. The minimum Gasteiger partial charge on any atom is -0.377 e. The first kappa shape index (κ1) is 14.7. The van der Waals surface area contributed by atoms with Crippen molar-refractivity contribution >= 4 is 0 Å². The van der Waals surface area contributed by atoms with Crippen LogP contribution in [0.3, 0.4) is 0 Å². The van der Waals surface area contributed by atoms with E-state index in [-0.39, 0.29) is 18.7 Å². The summed E-state index contributed by atoms with van der Waals surface area (Å²) in [6, 6.07) is 0. The molecule has 2 atom stereocenters. The third-order valence-corrected chi connectivity index (χ3v) is 3.46. The molecule has 1 saturated heterocycles. The van der Waals surface area contributed by atoms with Gasteiger partial charge in [0.15, 0.2) is 0 Å². The second-order valence-corrected chi connectivity index (χ2v) is 4.97. The molecule has 6 heteroatoms. The van der Waals surface area contributed by atoms with Crippen LogP contribution in [0.25, 0.3) is 0 Å². The lowest BCUT2D eigenvalue weighted by atomic mass is 9.94. The Hall–Kier alpha value is -0.330. The zero-order valence-corrected chi connectivity index (χ0v) is 10.4. The van der Waals surface area contributed by atoms with Gasteiger partial charge >= 0.3 is 6.18 Å². The lowest BCUT2D eigenvalue weighted by molar-refractivity contribution is -0.179. The number of rotatable bonds is 4. The van der Waals surface area contributed by atoms with Gasteiger partial charge in [0.1, 0.15) is 0 Å². The van der Waals surface area contributed by atoms with E-state index in [9.17, 15) is 13.2 Å². The van der Waals surface area contributed by atoms with Crippen molar-refractivity contribution in [2.75, 3.05) is 33.3 Å². The van der Waals surface area contributed by atoms with Crippen LogP contribution in [0.2, 0.25) is 0 Å². The Morgan fingerprint density at radius 1 is 1.47 bits per heavy atom. The van der Waals surface area contributed by atoms with Crippen molar-refractivity contribution in [1.82, 2.24) is 4.90 Å². The minimum absolute atomic E-state index is 0.0288. The van der Waals surface area contributed by atoms with Crippen molar-refractivity contribution in [3.63, 3.8) is 0 Å². The number of likely N-dealkylation sites (tertiary alicyclic amines) is 1. The van der Waals surface area contributed by atoms with Gasteiger partial charge in [0.25, 0.3) is 0 Å². The first-order valence-corrected chi connectivity index (χ1v) is 5.85. The molecule has 0 aliphatic carbocycles. The third-order valence-electron chi connectivity index (χ3n) is 3.46. The second-order valence-electron chi connectivity index (χ2n) is 4.97. The molecule has 1 rings (SSSR count). The monoisotopic (exact) mass is 254 g/mol. The SMILES string of the molecule is COC1(C)CCCN(CC(CN)C(F)(F)F)C1. The van der Waals surface area contributed by atoms with Gasteiger partial charge in [0.2, 0.25) is 0 Å². The van der Waals surface area contributed by atoms with Gasteiger partial charge < -0.3 is 10.5 Å². The number of methoxy groups -OCH3 is 1. The molecule has 0 amide bonds. The Bertz CT molecular complexity index is 247. The van der Waals surface area contributed by atoms with E-state index < -0.39 is 12.1 Å². The predicted octanol–water partition coefficient (Wildman–Crippen LogP) is 1.62. The highest BCUT2D eigenvalue weighted by atomic mass is 19.4. The molecule has 0 saturated carbocycles. The predicted molar refractivity (Wildman–Crippen MR) is 59.7 cm³/mol. The van der Waals surface area contributed by atoms with Crippen LogP contribution in [0.5, 0.6) is 0 Å². The number of alkyl halides is 3. The highest BCUT2D eigenvalue weighted by Gasteiger charge is 2.41. The Labute approximate surface area is 100 Å². The summed E-state index contributed by atoms with van der Waals surface area (Å²) in [5.74, 6) is -1.44. The summed E-state index contributed by atoms with van der Waals surface area (Å²) in [6.45, 7) is 2.77. The molecule has 17 heavy (non-hydrogen) atoms. The molecule has 1 aliphatic heterocycles. The van der Waals surface area contributed by atoms with Gasteiger partial charge in [0.05, 0.1) is 11.5 Å². The van der Waals surface area contributed by atoms with E-state index in [1.54, 1.807) is 12.0 Å². The highest BCUT2D eigenvalue weighted by molar-refractivity contribution is 4.86. The molecule has 0 bridgehead atoms. The summed E-state index contributed by atoms with van der Waals surface area (Å²) in [6.07, 6.45) is -2.46. The number of hydrogen-bond acceptors (Lipinski definition) is 3. The van der Waals surface area contributed by atoms with E-state index in [1.165, 1.54) is 0 Å². The minimum atomic E-state index is -4.21. The average Bonchev–Trinajstić information content (AvgIpc) is 2.24. The smallest absolute Gasteiger partial charge is 0.377 e. The number of nitrogens with two attached hydrogens (primary N) is 1. The van der Waals surface area contributed by atoms with E-state index in [1.807, 2.05) is 6.92 Å². The molecular weight excluding hydrogens is 233 g/mol. The lowest BCUT2D eigenvalue weighted by Crippen LogP contribution is -2.51. The van der Waals surface area contributed by atoms with Gasteiger partial charge in [-0.05, 0) is 26.3 Å². The van der Waals surface area contributed by atoms with Crippen LogP contribution < -0.4 is 5.73 Å². The fraction of sp³-hybridized carbons (Fsp3) is 1.00. The van der Waals surface area contributed by atoms with E-state index in [2.05, 4.69) is 0 Å². The maximum Gasteiger partial charge on any atom is 0.394 e. The van der Waals surface area contributed by atoms with E-state index >= 15 is 0 Å². The standard InChI is InChI=1S/C11H21F3N2O/c1-10(17-2)4-3-5-16(8-10)7-9(6-15)11(12,13)14/h9H,3-8,15H2,1-2H3. The number of ether oxygens (including phenoxy) is 1. The molecule has 2 unspecified atom stereocenters. The largest absolute Gasteiger partial charge is 0.394 e. The second kappa shape index (κ2) is 5.54. The molecule has 0 spiro atoms. The summed E-state index contributed by atoms with van der Waals surface area (Å²) in [4.78, 5) is 1.80. The number of nitrogens with zero attached hydrogens (tertiary/aromatic N) is 1. The zero-order chi connectivity index (χ0) is 13.1. The molecule has 1 heterocycles. The molecule has 1 aliphatic rings. The molecular formula is C11H21F3N2O. The number of piperidine rings is 1. The molecule has 2 N–H and O–H groups in total. The van der Waals surface area contributed by atoms with E-state index in [4.69, 9.17) is 10.5 Å². The zero-order valence-electron chi connectivity index (χ0n) is 10.4. The van der Waals surface area contributed by atoms with Crippen LogP contribution in [0.1, 0.15) is 19.8 Å². The van der Waals surface area contributed by atoms with Crippen molar-refractivity contribution in [1.29, 1.82) is 0 Å². The van der Waals surface area contributed by atoms with Crippen molar-refractivity contribution < 1.29 is 17.9 Å². The van der Waals surface area contributed by atoms with Crippen LogP contribution in [-0.4, -0.2) is 50.0 Å². The summed E-state index contributed by atoms with van der Waals surface area (Å²) in [5.41, 5.74) is 4.87. The van der Waals surface area contributed by atoms with Crippen molar-refractivity contribution in [3.05, 3.63) is 0 Å². The van der Waals surface area contributed by atoms with Gasteiger partial charge in [-0.1, -0.05) is 0 Å². The summed E-state index contributed by atoms with van der Waals surface area (Å²) in [7, 11) is 1.60. The summed E-state index contributed by atoms with van der Waals surface area (Å²) >= 11 is 0. The molecule has 1 fully saturated rings. The van der Waals surface area contributed by atoms with Gasteiger partial charge in [-0.3, -0.25) is 4.90 Å². The number of hydrogen-bond donors (Lipinski definition) is 1. The topological polar surface area (TPSA) is 38.5 Å².